The van der Waals surface area contributed by atoms with E-state index >= 15 is 0 Å². The highest BCUT2D eigenvalue weighted by atomic mass is 32.1. The predicted octanol–water partition coefficient (Wildman–Crippen LogP) is 5.10. The fraction of sp³-hybridized carbons (Fsp3) is 0.667. The molecule has 0 aromatic carbocycles. The lowest BCUT2D eigenvalue weighted by Gasteiger charge is -2.28. The van der Waals surface area contributed by atoms with E-state index in [0.29, 0.717) is 42.2 Å². The van der Waals surface area contributed by atoms with Crippen LogP contribution in [0.2, 0.25) is 25.7 Å². The Morgan fingerprint density at radius 1 is 1.30 bits per heavy atom. The number of ether oxygens (including phenoxy) is 2. The second kappa shape index (κ2) is 11.9. The number of likely N-dealkylation sites (tertiary alicyclic amines) is 1. The van der Waals surface area contributed by atoms with Gasteiger partial charge in [0.05, 0.1) is 24.9 Å². The Labute approximate surface area is 224 Å². The monoisotopic (exact) mass is 552 g/mol. The molecular formula is C24H40N6O5SSi. The molecule has 37 heavy (non-hydrogen) atoms. The van der Waals surface area contributed by atoms with Crippen LogP contribution < -0.4 is 5.32 Å². The van der Waals surface area contributed by atoms with Gasteiger partial charge in [-0.05, 0) is 39.7 Å². The first-order valence-electron chi connectivity index (χ1n) is 12.5. The van der Waals surface area contributed by atoms with Crippen molar-refractivity contribution in [1.29, 1.82) is 0 Å². The van der Waals surface area contributed by atoms with Gasteiger partial charge >= 0.3 is 6.09 Å². The molecule has 1 aliphatic heterocycles. The van der Waals surface area contributed by atoms with Gasteiger partial charge in [0.1, 0.15) is 28.9 Å². The molecule has 0 bridgehead atoms. The van der Waals surface area contributed by atoms with Crippen LogP contribution in [0, 0.1) is 0 Å². The van der Waals surface area contributed by atoms with Crippen molar-refractivity contribution < 1.29 is 23.9 Å². The van der Waals surface area contributed by atoms with Gasteiger partial charge in [-0.25, -0.2) is 19.8 Å². The van der Waals surface area contributed by atoms with E-state index in [0.717, 1.165) is 23.9 Å². The summed E-state index contributed by atoms with van der Waals surface area (Å²) in [6, 6.07) is 0.801. The number of rotatable bonds is 10. The molecule has 1 N–H and O–H groups in total. The lowest BCUT2D eigenvalue weighted by atomic mass is 10.2. The highest BCUT2D eigenvalue weighted by Gasteiger charge is 2.36. The van der Waals surface area contributed by atoms with Crippen molar-refractivity contribution in [2.75, 3.05) is 32.6 Å². The van der Waals surface area contributed by atoms with E-state index in [2.05, 4.69) is 29.9 Å². The summed E-state index contributed by atoms with van der Waals surface area (Å²) >= 11 is 1.22. The maximum Gasteiger partial charge on any atom is 0.410 e. The maximum absolute atomic E-state index is 13.0. The first-order chi connectivity index (χ1) is 17.3. The number of nitrogens with zero attached hydrogens (tertiary/aromatic N) is 5. The predicted molar refractivity (Wildman–Crippen MR) is 146 cm³/mol. The van der Waals surface area contributed by atoms with E-state index in [4.69, 9.17) is 19.3 Å². The molecule has 0 aliphatic carbocycles. The quantitative estimate of drug-likeness (QED) is 0.246. The minimum absolute atomic E-state index is 0.248. The summed E-state index contributed by atoms with van der Waals surface area (Å²) < 4.78 is 13.6. The van der Waals surface area contributed by atoms with Crippen LogP contribution in [0.15, 0.2) is 11.7 Å². The molecule has 0 spiro atoms. The number of carbonyl (C=O) groups excluding carboxylic acids is 2. The molecule has 0 saturated carbocycles. The average molecular weight is 553 g/mol. The third-order valence-corrected chi connectivity index (χ3v) is 8.30. The second-order valence-electron chi connectivity index (χ2n) is 11.3. The smallest absolute Gasteiger partial charge is 0.410 e. The molecule has 1 aliphatic rings. The van der Waals surface area contributed by atoms with E-state index in [1.807, 2.05) is 31.5 Å². The molecular weight excluding hydrogens is 512 g/mol. The lowest BCUT2D eigenvalue weighted by Crippen LogP contribution is -2.37. The van der Waals surface area contributed by atoms with Crippen molar-refractivity contribution in [3.8, 4) is 0 Å². The van der Waals surface area contributed by atoms with Crippen molar-refractivity contribution >= 4 is 43.0 Å². The molecule has 2 aromatic rings. The van der Waals surface area contributed by atoms with Gasteiger partial charge in [-0.3, -0.25) is 14.5 Å². The first kappa shape index (κ1) is 29.1. The van der Waals surface area contributed by atoms with Gasteiger partial charge in [0.2, 0.25) is 0 Å². The second-order valence-corrected chi connectivity index (χ2v) is 17.8. The Morgan fingerprint density at radius 2 is 2.03 bits per heavy atom. The normalized spacial score (nSPS) is 16.2. The van der Waals surface area contributed by atoms with E-state index in [9.17, 15) is 9.59 Å². The Kier molecular flexibility index (Phi) is 9.37. The van der Waals surface area contributed by atoms with Crippen LogP contribution in [-0.2, 0) is 21.0 Å². The summed E-state index contributed by atoms with van der Waals surface area (Å²) in [4.78, 5) is 41.9. The molecule has 13 heteroatoms. The summed E-state index contributed by atoms with van der Waals surface area (Å²) in [5, 5.41) is 4.32. The number of nitrogens with one attached hydrogen (secondary N) is 1. The van der Waals surface area contributed by atoms with E-state index < -0.39 is 13.7 Å². The number of anilines is 2. The van der Waals surface area contributed by atoms with Crippen molar-refractivity contribution in [2.24, 2.45) is 0 Å². The zero-order chi connectivity index (χ0) is 27.4. The van der Waals surface area contributed by atoms with Crippen molar-refractivity contribution in [3.05, 3.63) is 22.4 Å². The number of thiazole rings is 1. The summed E-state index contributed by atoms with van der Waals surface area (Å²) in [5.41, 5.74) is 1.01. The fourth-order valence-corrected chi connectivity index (χ4v) is 5.27. The van der Waals surface area contributed by atoms with Gasteiger partial charge in [-0.1, -0.05) is 19.6 Å². The molecule has 3 heterocycles. The molecule has 2 amide bonds. The average Bonchev–Trinajstić information content (AvgIpc) is 3.53. The molecule has 2 aromatic heterocycles. The number of imidazole rings is 1. The molecule has 0 radical (unpaired) electrons. The van der Waals surface area contributed by atoms with Gasteiger partial charge in [0, 0.05) is 28.3 Å². The minimum atomic E-state index is -1.24. The third-order valence-electron chi connectivity index (χ3n) is 5.78. The highest BCUT2D eigenvalue weighted by molar-refractivity contribution is 7.12. The SMILES string of the molecule is CON(C)C(=O)c1scnc1Nc1cn(COCC[Si](C)(C)C)c([C@@H]2CCCN2C(=O)OC(C)(C)C)n1. The summed E-state index contributed by atoms with van der Waals surface area (Å²) in [6.07, 6.45) is 3.10. The molecule has 1 fully saturated rings. The van der Waals surface area contributed by atoms with Crippen molar-refractivity contribution in [3.63, 3.8) is 0 Å². The van der Waals surface area contributed by atoms with Crippen LogP contribution in [0.25, 0.3) is 0 Å². The number of aromatic nitrogens is 3. The summed E-state index contributed by atoms with van der Waals surface area (Å²) in [7, 11) is 1.74. The molecule has 206 valence electrons. The number of amides is 2. The Balaban J connectivity index is 1.86. The van der Waals surface area contributed by atoms with E-state index in [1.54, 1.807) is 17.5 Å². The Hall–Kier alpha value is -2.48. The first-order valence-corrected chi connectivity index (χ1v) is 17.0. The third kappa shape index (κ3) is 8.00. The number of carbonyl (C=O) groups is 2. The summed E-state index contributed by atoms with van der Waals surface area (Å²) in [5.74, 6) is 1.30. The lowest BCUT2D eigenvalue weighted by molar-refractivity contribution is -0.0753. The Bertz CT molecular complexity index is 1080. The van der Waals surface area contributed by atoms with E-state index in [1.165, 1.54) is 18.4 Å². The Morgan fingerprint density at radius 3 is 2.68 bits per heavy atom. The van der Waals surface area contributed by atoms with Gasteiger partial charge < -0.3 is 19.4 Å². The van der Waals surface area contributed by atoms with Crippen molar-refractivity contribution in [1.82, 2.24) is 24.5 Å². The summed E-state index contributed by atoms with van der Waals surface area (Å²) in [6.45, 7) is 14.1. The zero-order valence-corrected chi connectivity index (χ0v) is 25.0. The number of hydrogen-bond donors (Lipinski definition) is 1. The van der Waals surface area contributed by atoms with Crippen LogP contribution in [0.4, 0.5) is 16.4 Å². The molecule has 0 unspecified atom stereocenters. The largest absolute Gasteiger partial charge is 0.444 e. The molecule has 3 rings (SSSR count). The number of hydrogen-bond acceptors (Lipinski definition) is 9. The van der Waals surface area contributed by atoms with Crippen LogP contribution in [0.5, 0.6) is 0 Å². The van der Waals surface area contributed by atoms with Crippen molar-refractivity contribution in [2.45, 2.75) is 77.7 Å². The van der Waals surface area contributed by atoms with E-state index in [-0.39, 0.29) is 18.0 Å². The van der Waals surface area contributed by atoms with Crippen LogP contribution in [0.1, 0.15) is 55.2 Å². The molecule has 11 nitrogen and oxygen atoms in total. The topological polar surface area (TPSA) is 111 Å². The maximum atomic E-state index is 13.0. The molecule has 1 atom stereocenters. The van der Waals surface area contributed by atoms with Gasteiger partial charge in [-0.15, -0.1) is 11.3 Å². The standard InChI is InChI=1S/C24H40N6O5SSi/c1-24(2,3)35-23(32)30-11-9-10-17(30)21-27-18(14-29(21)16-34-12-13-37(6,7)8)26-20-19(36-15-25-20)22(31)28(4)33-5/h14-15,17,26H,9-13,16H2,1-8H3/t17-/m0/s1. The van der Waals surface area contributed by atoms with Gasteiger partial charge in [-0.2, -0.15) is 0 Å². The highest BCUT2D eigenvalue weighted by Crippen LogP contribution is 2.34. The minimum Gasteiger partial charge on any atom is -0.444 e. The van der Waals surface area contributed by atoms with Crippen LogP contribution in [0.3, 0.4) is 0 Å². The van der Waals surface area contributed by atoms with Gasteiger partial charge in [0.25, 0.3) is 5.91 Å². The molecule has 1 saturated heterocycles. The van der Waals surface area contributed by atoms with Crippen LogP contribution >= 0.6 is 11.3 Å². The zero-order valence-electron chi connectivity index (χ0n) is 23.2. The van der Waals surface area contributed by atoms with Gasteiger partial charge in [0.15, 0.2) is 5.82 Å². The fourth-order valence-electron chi connectivity index (χ4n) is 3.81. The van der Waals surface area contributed by atoms with Crippen LogP contribution in [-0.4, -0.2) is 77.5 Å². The number of hydroxylamine groups is 2.